The summed E-state index contributed by atoms with van der Waals surface area (Å²) in [5.74, 6) is -18.8. The van der Waals surface area contributed by atoms with Crippen LogP contribution in [-0.2, 0) is 0 Å². The van der Waals surface area contributed by atoms with Crippen LogP contribution in [0.15, 0.2) is 0 Å². The van der Waals surface area contributed by atoms with Gasteiger partial charge in [-0.15, -0.1) is 0 Å². The van der Waals surface area contributed by atoms with Gasteiger partial charge in [-0.2, -0.15) is 39.5 Å². The van der Waals surface area contributed by atoms with Crippen molar-refractivity contribution in [3.63, 3.8) is 0 Å². The molecule has 0 aliphatic carbocycles. The van der Waals surface area contributed by atoms with E-state index in [1.54, 1.807) is 0 Å². The van der Waals surface area contributed by atoms with Gasteiger partial charge in [0.05, 0.1) is 0 Å². The second kappa shape index (κ2) is 5.63. The van der Waals surface area contributed by atoms with E-state index in [-0.39, 0.29) is 0 Å². The zero-order chi connectivity index (χ0) is 17.5. The number of hydrogen-bond donors (Lipinski definition) is 0. The monoisotopic (exact) mass is 349 g/mol. The lowest BCUT2D eigenvalue weighted by molar-refractivity contribution is -0.396. The van der Waals surface area contributed by atoms with E-state index in [1.807, 2.05) is 0 Å². The molecule has 0 saturated heterocycles. The van der Waals surface area contributed by atoms with Gasteiger partial charge < -0.3 is 4.57 Å². The highest BCUT2D eigenvalue weighted by atomic mass is 28.3. The van der Waals surface area contributed by atoms with Crippen molar-refractivity contribution in [1.29, 1.82) is 0 Å². The molecule has 21 heavy (non-hydrogen) atoms. The number of nitrogens with zero attached hydrogens (tertiary/aromatic N) is 1. The normalized spacial score (nSPS) is 15.7. The van der Waals surface area contributed by atoms with E-state index >= 15 is 0 Å². The third kappa shape index (κ3) is 3.85. The van der Waals surface area contributed by atoms with Crippen LogP contribution >= 0.6 is 0 Å². The molecular weight excluding hydrogens is 333 g/mol. The Kier molecular flexibility index (Phi) is 5.51. The number of hydrogen-bond acceptors (Lipinski definition) is 1. The Hall–Kier alpha value is -0.453. The molecule has 0 aromatic heterocycles. The van der Waals surface area contributed by atoms with Gasteiger partial charge in [-0.3, -0.25) is 0 Å². The van der Waals surface area contributed by atoms with E-state index in [4.69, 9.17) is 0 Å². The summed E-state index contributed by atoms with van der Waals surface area (Å²) >= 11 is 0. The van der Waals surface area contributed by atoms with Gasteiger partial charge in [0.2, 0.25) is 0 Å². The Morgan fingerprint density at radius 1 is 0.762 bits per heavy atom. The summed E-state index contributed by atoms with van der Waals surface area (Å²) in [6.45, 7) is 3.01. The number of alkyl halides is 9. The Balaban J connectivity index is 5.32. The van der Waals surface area contributed by atoms with E-state index in [2.05, 4.69) is 0 Å². The first-order valence-corrected chi connectivity index (χ1v) is 8.93. The lowest BCUT2D eigenvalue weighted by Gasteiger charge is -2.36. The van der Waals surface area contributed by atoms with E-state index in [0.717, 1.165) is 0 Å². The van der Waals surface area contributed by atoms with Gasteiger partial charge in [-0.25, -0.2) is 0 Å². The highest BCUT2D eigenvalue weighted by Gasteiger charge is 2.81. The Bertz CT molecular complexity index is 362. The fourth-order valence-corrected chi connectivity index (χ4v) is 2.62. The molecule has 0 atom stereocenters. The molecule has 0 aromatic carbocycles. The minimum Gasteiger partial charge on any atom is -0.329 e. The molecule has 1 nitrogen and oxygen atoms in total. The van der Waals surface area contributed by atoms with E-state index < -0.39 is 44.6 Å². The minimum atomic E-state index is -6.80. The van der Waals surface area contributed by atoms with E-state index in [1.165, 1.54) is 31.8 Å². The number of rotatable bonds is 6. The lowest BCUT2D eigenvalue weighted by Crippen LogP contribution is -2.61. The van der Waals surface area contributed by atoms with Crippen LogP contribution in [0, 0.1) is 0 Å². The molecule has 0 heterocycles. The molecule has 0 bridgehead atoms. The molecule has 0 N–H and O–H groups in total. The minimum absolute atomic E-state index is 0.559. The van der Waals surface area contributed by atoms with Gasteiger partial charge in [0.15, 0.2) is 0 Å². The van der Waals surface area contributed by atoms with Crippen LogP contribution in [0.3, 0.4) is 0 Å². The van der Waals surface area contributed by atoms with Crippen LogP contribution in [0.5, 0.6) is 0 Å². The molecule has 128 valence electrons. The SMILES string of the molecule is CN(C)[Si](C)(C)CCC(F)(F)C(F)(F)C(F)(F)C(F)(F)F. The van der Waals surface area contributed by atoms with Crippen molar-refractivity contribution in [2.45, 2.75) is 49.5 Å². The van der Waals surface area contributed by atoms with Crippen molar-refractivity contribution in [2.75, 3.05) is 14.1 Å². The average molecular weight is 349 g/mol. The van der Waals surface area contributed by atoms with E-state index in [9.17, 15) is 39.5 Å². The molecule has 0 aromatic rings. The summed E-state index contributed by atoms with van der Waals surface area (Å²) in [5, 5.41) is 0. The van der Waals surface area contributed by atoms with E-state index in [0.29, 0.717) is 0 Å². The van der Waals surface area contributed by atoms with Crippen LogP contribution in [0.2, 0.25) is 19.1 Å². The van der Waals surface area contributed by atoms with Crippen molar-refractivity contribution in [3.05, 3.63) is 0 Å². The molecule has 0 aliphatic rings. The molecule has 0 spiro atoms. The maximum Gasteiger partial charge on any atom is 0.460 e. The zero-order valence-corrected chi connectivity index (χ0v) is 12.8. The van der Waals surface area contributed by atoms with Crippen LogP contribution in [0.1, 0.15) is 6.42 Å². The fourth-order valence-electron chi connectivity index (χ4n) is 1.25. The van der Waals surface area contributed by atoms with Crippen LogP contribution in [0.25, 0.3) is 0 Å². The molecule has 11 heteroatoms. The Labute approximate surface area is 117 Å². The largest absolute Gasteiger partial charge is 0.460 e. The van der Waals surface area contributed by atoms with Gasteiger partial charge in [0.25, 0.3) is 0 Å². The second-order valence-corrected chi connectivity index (χ2v) is 10.6. The van der Waals surface area contributed by atoms with Crippen molar-refractivity contribution in [2.24, 2.45) is 0 Å². The standard InChI is InChI=1S/C10H16F9NSi/c1-20(2)21(3,4)6-5-7(11,12)8(13,14)9(15,16)10(17,18)19/h5-6H2,1-4H3. The maximum atomic E-state index is 13.3. The summed E-state index contributed by atoms with van der Waals surface area (Å²) in [7, 11) is 0.405. The Morgan fingerprint density at radius 2 is 1.14 bits per heavy atom. The molecule has 0 unspecified atom stereocenters. The highest BCUT2D eigenvalue weighted by Crippen LogP contribution is 2.54. The first-order chi connectivity index (χ1) is 8.90. The average Bonchev–Trinajstić information content (AvgIpc) is 2.24. The second-order valence-electron chi connectivity index (χ2n) is 5.56. The predicted molar refractivity (Wildman–Crippen MR) is 61.5 cm³/mol. The molecule has 0 amide bonds. The quantitative estimate of drug-likeness (QED) is 0.500. The van der Waals surface area contributed by atoms with Crippen LogP contribution in [0.4, 0.5) is 39.5 Å². The van der Waals surface area contributed by atoms with Gasteiger partial charge in [-0.05, 0) is 20.1 Å². The Morgan fingerprint density at radius 3 is 1.43 bits per heavy atom. The molecule has 0 radical (unpaired) electrons. The fraction of sp³-hybridized carbons (Fsp3) is 1.00. The molecule has 0 saturated carbocycles. The van der Waals surface area contributed by atoms with Crippen molar-refractivity contribution < 1.29 is 39.5 Å². The molecule has 0 aliphatic heterocycles. The topological polar surface area (TPSA) is 3.24 Å². The summed E-state index contributed by atoms with van der Waals surface area (Å²) in [4.78, 5) is 0. The van der Waals surface area contributed by atoms with Crippen molar-refractivity contribution >= 4 is 8.24 Å². The molecule has 0 rings (SSSR count). The van der Waals surface area contributed by atoms with Crippen LogP contribution < -0.4 is 0 Å². The summed E-state index contributed by atoms with van der Waals surface area (Å²) in [6, 6.07) is -0.559. The van der Waals surface area contributed by atoms with Crippen molar-refractivity contribution in [3.8, 4) is 0 Å². The zero-order valence-electron chi connectivity index (χ0n) is 11.8. The lowest BCUT2D eigenvalue weighted by atomic mass is 10.0. The third-order valence-corrected chi connectivity index (χ3v) is 7.37. The smallest absolute Gasteiger partial charge is 0.329 e. The highest BCUT2D eigenvalue weighted by molar-refractivity contribution is 6.74. The first kappa shape index (κ1) is 20.5. The predicted octanol–water partition coefficient (Wildman–Crippen LogP) is 4.61. The third-order valence-electron chi connectivity index (χ3n) is 3.47. The maximum absolute atomic E-state index is 13.3. The van der Waals surface area contributed by atoms with Gasteiger partial charge in [0, 0.05) is 6.42 Å². The summed E-state index contributed by atoms with van der Waals surface area (Å²) < 4.78 is 115. The first-order valence-electron chi connectivity index (χ1n) is 5.78. The van der Waals surface area contributed by atoms with Gasteiger partial charge in [-0.1, -0.05) is 13.1 Å². The number of halogens is 9. The van der Waals surface area contributed by atoms with Crippen LogP contribution in [-0.4, -0.2) is 50.8 Å². The molecular formula is C10H16F9NSi. The molecule has 0 fully saturated rings. The van der Waals surface area contributed by atoms with Crippen molar-refractivity contribution in [1.82, 2.24) is 4.57 Å². The van der Waals surface area contributed by atoms with Gasteiger partial charge in [0.1, 0.15) is 8.24 Å². The summed E-state index contributed by atoms with van der Waals surface area (Å²) in [6.07, 6.45) is -8.50. The summed E-state index contributed by atoms with van der Waals surface area (Å²) in [5.41, 5.74) is 0. The van der Waals surface area contributed by atoms with Gasteiger partial charge >= 0.3 is 23.9 Å².